The van der Waals surface area contributed by atoms with Crippen LogP contribution in [0, 0.1) is 5.82 Å². The van der Waals surface area contributed by atoms with Crippen LogP contribution in [-0.2, 0) is 10.8 Å². The molecule has 0 aliphatic carbocycles. The van der Waals surface area contributed by atoms with E-state index in [0.29, 0.717) is 28.6 Å². The van der Waals surface area contributed by atoms with Crippen LogP contribution in [0.1, 0.15) is 18.9 Å². The normalized spacial score (nSPS) is 22.9. The highest BCUT2D eigenvalue weighted by atomic mass is 32.2. The minimum Gasteiger partial charge on any atom is -0.399 e. The second-order valence-electron chi connectivity index (χ2n) is 4.77. The smallest absolute Gasteiger partial charge is 0.185 e. The Labute approximate surface area is 117 Å². The van der Waals surface area contributed by atoms with E-state index >= 15 is 0 Å². The topological polar surface area (TPSA) is 86.7 Å². The molecule has 0 unspecified atom stereocenters. The molecule has 1 fully saturated rings. The monoisotopic (exact) mass is 295 g/mol. The van der Waals surface area contributed by atoms with Crippen molar-refractivity contribution in [2.24, 2.45) is 0 Å². The Balaban J connectivity index is 1.97. The standard InChI is InChI=1S/C12H14FN5OS/c13-11-2-1-8(14)7-10(11)12-15-16-17-18(12)9-3-5-20(19)6-4-9/h1-2,7,9H,3-6,14H2. The average molecular weight is 295 g/mol. The maximum Gasteiger partial charge on any atom is 0.185 e. The van der Waals surface area contributed by atoms with Crippen molar-refractivity contribution in [3.8, 4) is 11.4 Å². The highest BCUT2D eigenvalue weighted by Gasteiger charge is 2.24. The van der Waals surface area contributed by atoms with Crippen LogP contribution >= 0.6 is 0 Å². The summed E-state index contributed by atoms with van der Waals surface area (Å²) in [7, 11) is -0.758. The molecule has 20 heavy (non-hydrogen) atoms. The maximum absolute atomic E-state index is 13.9. The van der Waals surface area contributed by atoms with Gasteiger partial charge < -0.3 is 5.73 Å². The van der Waals surface area contributed by atoms with E-state index in [1.54, 1.807) is 4.68 Å². The molecule has 106 valence electrons. The van der Waals surface area contributed by atoms with E-state index in [1.807, 2.05) is 0 Å². The Morgan fingerprint density at radius 2 is 2.10 bits per heavy atom. The molecule has 2 N–H and O–H groups in total. The summed E-state index contributed by atoms with van der Waals surface area (Å²) in [6.07, 6.45) is 1.46. The summed E-state index contributed by atoms with van der Waals surface area (Å²) in [5, 5.41) is 11.5. The van der Waals surface area contributed by atoms with Crippen LogP contribution in [0.3, 0.4) is 0 Å². The Bertz CT molecular complexity index is 649. The van der Waals surface area contributed by atoms with Crippen LogP contribution in [0.4, 0.5) is 10.1 Å². The van der Waals surface area contributed by atoms with Gasteiger partial charge in [-0.15, -0.1) is 5.10 Å². The first-order chi connectivity index (χ1) is 9.65. The predicted octanol–water partition coefficient (Wildman–Crippen LogP) is 1.15. The first-order valence-electron chi connectivity index (χ1n) is 6.33. The molecule has 1 aromatic carbocycles. The average Bonchev–Trinajstić information content (AvgIpc) is 2.91. The molecular formula is C12H14FN5OS. The molecule has 1 aliphatic heterocycles. The Morgan fingerprint density at radius 3 is 2.85 bits per heavy atom. The third kappa shape index (κ3) is 2.43. The number of rotatable bonds is 2. The second-order valence-corrected chi connectivity index (χ2v) is 6.46. The van der Waals surface area contributed by atoms with Crippen LogP contribution < -0.4 is 5.73 Å². The molecule has 2 aromatic rings. The molecule has 0 saturated carbocycles. The van der Waals surface area contributed by atoms with E-state index < -0.39 is 16.6 Å². The third-order valence-corrected chi connectivity index (χ3v) is 4.81. The van der Waals surface area contributed by atoms with Gasteiger partial charge in [0.05, 0.1) is 11.6 Å². The maximum atomic E-state index is 13.9. The zero-order valence-electron chi connectivity index (χ0n) is 10.7. The molecule has 0 atom stereocenters. The first-order valence-corrected chi connectivity index (χ1v) is 7.82. The van der Waals surface area contributed by atoms with Gasteiger partial charge in [-0.3, -0.25) is 4.21 Å². The van der Waals surface area contributed by atoms with Crippen LogP contribution in [0.15, 0.2) is 18.2 Å². The number of nitrogen functional groups attached to an aromatic ring is 1. The van der Waals surface area contributed by atoms with E-state index in [4.69, 9.17) is 5.73 Å². The van der Waals surface area contributed by atoms with Gasteiger partial charge >= 0.3 is 0 Å². The minimum absolute atomic E-state index is 0.0542. The van der Waals surface area contributed by atoms with Crippen molar-refractivity contribution in [2.45, 2.75) is 18.9 Å². The fourth-order valence-corrected chi connectivity index (χ4v) is 3.63. The molecule has 0 spiro atoms. The first kappa shape index (κ1) is 13.2. The van der Waals surface area contributed by atoms with Gasteiger partial charge in [0.2, 0.25) is 0 Å². The molecular weight excluding hydrogens is 281 g/mol. The summed E-state index contributed by atoms with van der Waals surface area (Å²) in [4.78, 5) is 0. The molecule has 1 aliphatic rings. The molecule has 1 saturated heterocycles. The van der Waals surface area contributed by atoms with E-state index in [1.165, 1.54) is 18.2 Å². The predicted molar refractivity (Wildman–Crippen MR) is 73.8 cm³/mol. The van der Waals surface area contributed by atoms with Crippen molar-refractivity contribution < 1.29 is 8.60 Å². The number of tetrazole rings is 1. The van der Waals surface area contributed by atoms with Crippen molar-refractivity contribution >= 4 is 16.5 Å². The van der Waals surface area contributed by atoms with Gasteiger partial charge in [-0.2, -0.15) is 0 Å². The molecule has 2 heterocycles. The van der Waals surface area contributed by atoms with E-state index in [9.17, 15) is 8.60 Å². The van der Waals surface area contributed by atoms with Gasteiger partial charge in [-0.05, 0) is 41.5 Å². The minimum atomic E-state index is -0.758. The van der Waals surface area contributed by atoms with Gasteiger partial charge in [0.15, 0.2) is 5.82 Å². The second kappa shape index (κ2) is 5.28. The van der Waals surface area contributed by atoms with E-state index in [-0.39, 0.29) is 6.04 Å². The highest BCUT2D eigenvalue weighted by Crippen LogP contribution is 2.28. The van der Waals surface area contributed by atoms with E-state index in [2.05, 4.69) is 15.5 Å². The van der Waals surface area contributed by atoms with Crippen molar-refractivity contribution in [2.75, 3.05) is 17.2 Å². The lowest BCUT2D eigenvalue weighted by atomic mass is 10.1. The number of halogens is 1. The fourth-order valence-electron chi connectivity index (χ4n) is 2.36. The summed E-state index contributed by atoms with van der Waals surface area (Å²) in [6, 6.07) is 4.38. The number of hydrogen-bond acceptors (Lipinski definition) is 5. The quantitative estimate of drug-likeness (QED) is 0.840. The van der Waals surface area contributed by atoms with Gasteiger partial charge in [0.25, 0.3) is 0 Å². The van der Waals surface area contributed by atoms with Gasteiger partial charge in [-0.25, -0.2) is 9.07 Å². The van der Waals surface area contributed by atoms with Crippen LogP contribution in [0.5, 0.6) is 0 Å². The number of aromatic nitrogens is 4. The highest BCUT2D eigenvalue weighted by molar-refractivity contribution is 7.85. The zero-order chi connectivity index (χ0) is 14.1. The van der Waals surface area contributed by atoms with Crippen molar-refractivity contribution in [1.29, 1.82) is 0 Å². The van der Waals surface area contributed by atoms with Gasteiger partial charge in [0.1, 0.15) is 5.82 Å². The molecule has 0 amide bonds. The van der Waals surface area contributed by atoms with E-state index in [0.717, 1.165) is 12.8 Å². The zero-order valence-corrected chi connectivity index (χ0v) is 11.5. The molecule has 8 heteroatoms. The Morgan fingerprint density at radius 1 is 1.35 bits per heavy atom. The lowest BCUT2D eigenvalue weighted by molar-refractivity contribution is 0.415. The third-order valence-electron chi connectivity index (χ3n) is 3.43. The molecule has 0 bridgehead atoms. The van der Waals surface area contributed by atoms with Gasteiger partial charge in [0, 0.05) is 28.0 Å². The van der Waals surface area contributed by atoms with Gasteiger partial charge in [-0.1, -0.05) is 0 Å². The summed E-state index contributed by atoms with van der Waals surface area (Å²) >= 11 is 0. The van der Waals surface area contributed by atoms with Crippen molar-refractivity contribution in [3.63, 3.8) is 0 Å². The number of benzene rings is 1. The summed E-state index contributed by atoms with van der Waals surface area (Å²) in [5.41, 5.74) is 6.45. The summed E-state index contributed by atoms with van der Waals surface area (Å²) in [5.74, 6) is 1.22. The number of anilines is 1. The Hall–Kier alpha value is -1.83. The lowest BCUT2D eigenvalue weighted by Gasteiger charge is -2.22. The molecule has 3 rings (SSSR count). The van der Waals surface area contributed by atoms with Crippen molar-refractivity contribution in [3.05, 3.63) is 24.0 Å². The lowest BCUT2D eigenvalue weighted by Crippen LogP contribution is -2.23. The molecule has 1 aromatic heterocycles. The number of nitrogens with two attached hydrogens (primary N) is 1. The molecule has 6 nitrogen and oxygen atoms in total. The van der Waals surface area contributed by atoms with Crippen molar-refractivity contribution in [1.82, 2.24) is 20.2 Å². The summed E-state index contributed by atoms with van der Waals surface area (Å²) < 4.78 is 27.0. The SMILES string of the molecule is Nc1ccc(F)c(-c2nnnn2C2CCS(=O)CC2)c1. The number of nitrogens with zero attached hydrogens (tertiary/aromatic N) is 4. The largest absolute Gasteiger partial charge is 0.399 e. The van der Waals surface area contributed by atoms with Crippen LogP contribution in [0.25, 0.3) is 11.4 Å². The fraction of sp³-hybridized carbons (Fsp3) is 0.417. The Kier molecular flexibility index (Phi) is 3.47. The molecule has 0 radical (unpaired) electrons. The van der Waals surface area contributed by atoms with Crippen LogP contribution in [0.2, 0.25) is 0 Å². The van der Waals surface area contributed by atoms with Crippen LogP contribution in [-0.4, -0.2) is 35.9 Å². The summed E-state index contributed by atoms with van der Waals surface area (Å²) in [6.45, 7) is 0. The number of hydrogen-bond donors (Lipinski definition) is 1.